The maximum absolute atomic E-state index is 6.23. The third-order valence-electron chi connectivity index (χ3n) is 4.35. The third kappa shape index (κ3) is 2.94. The van der Waals surface area contributed by atoms with Crippen molar-refractivity contribution in [2.75, 3.05) is 6.61 Å². The first kappa shape index (κ1) is 13.0. The van der Waals surface area contributed by atoms with Crippen LogP contribution in [0.25, 0.3) is 0 Å². The van der Waals surface area contributed by atoms with Crippen molar-refractivity contribution in [2.24, 2.45) is 0 Å². The summed E-state index contributed by atoms with van der Waals surface area (Å²) in [6.07, 6.45) is 12.7. The van der Waals surface area contributed by atoms with Crippen LogP contribution in [0.15, 0.2) is 12.4 Å². The molecule has 0 bridgehead atoms. The van der Waals surface area contributed by atoms with Crippen molar-refractivity contribution < 1.29 is 9.47 Å². The van der Waals surface area contributed by atoms with Crippen molar-refractivity contribution in [3.8, 4) is 5.75 Å². The van der Waals surface area contributed by atoms with E-state index in [0.29, 0.717) is 6.61 Å². The van der Waals surface area contributed by atoms with E-state index in [0.717, 1.165) is 25.1 Å². The first-order valence-corrected chi connectivity index (χ1v) is 7.63. The lowest BCUT2D eigenvalue weighted by Crippen LogP contribution is -2.27. The van der Waals surface area contributed by atoms with Gasteiger partial charge in [-0.1, -0.05) is 19.8 Å². The lowest BCUT2D eigenvalue weighted by Gasteiger charge is -2.23. The average Bonchev–Trinajstić information content (AvgIpc) is 3.12. The Morgan fingerprint density at radius 2 is 2.26 bits per heavy atom. The van der Waals surface area contributed by atoms with Crippen LogP contribution in [0, 0.1) is 0 Å². The third-order valence-corrected chi connectivity index (χ3v) is 4.35. The van der Waals surface area contributed by atoms with Crippen LogP contribution in [0.2, 0.25) is 0 Å². The van der Waals surface area contributed by atoms with Gasteiger partial charge in [0, 0.05) is 6.54 Å². The fraction of sp³-hybridized carbons (Fsp3) is 0.800. The average molecular weight is 264 g/mol. The van der Waals surface area contributed by atoms with Crippen LogP contribution in [-0.2, 0) is 11.3 Å². The van der Waals surface area contributed by atoms with Crippen LogP contribution < -0.4 is 4.74 Å². The van der Waals surface area contributed by atoms with Crippen LogP contribution in [0.4, 0.5) is 0 Å². The van der Waals surface area contributed by atoms with E-state index >= 15 is 0 Å². The van der Waals surface area contributed by atoms with E-state index in [4.69, 9.17) is 9.47 Å². The quantitative estimate of drug-likeness (QED) is 0.819. The molecular formula is C15H24N2O2. The Hall–Kier alpha value is -1.03. The maximum atomic E-state index is 6.23. The van der Waals surface area contributed by atoms with Gasteiger partial charge in [-0.25, -0.2) is 0 Å². The lowest BCUT2D eigenvalue weighted by atomic mass is 9.98. The standard InChI is InChI=1S/C15H24N2O2/c1-2-9-17-11-14(10-16-17)18-12-13-5-8-15(19-13)6-3-4-7-15/h10-11,13H,2-9,12H2,1H3. The number of hydrogen-bond donors (Lipinski definition) is 0. The van der Waals surface area contributed by atoms with Gasteiger partial charge in [0.05, 0.1) is 24.1 Å². The van der Waals surface area contributed by atoms with Gasteiger partial charge < -0.3 is 9.47 Å². The highest BCUT2D eigenvalue weighted by Gasteiger charge is 2.42. The molecule has 3 rings (SSSR count). The minimum absolute atomic E-state index is 0.209. The van der Waals surface area contributed by atoms with E-state index in [9.17, 15) is 0 Å². The molecule has 106 valence electrons. The maximum Gasteiger partial charge on any atom is 0.157 e. The molecule has 2 fully saturated rings. The van der Waals surface area contributed by atoms with Gasteiger partial charge >= 0.3 is 0 Å². The first-order valence-electron chi connectivity index (χ1n) is 7.63. The monoisotopic (exact) mass is 264 g/mol. The molecule has 4 nitrogen and oxygen atoms in total. The summed E-state index contributed by atoms with van der Waals surface area (Å²) >= 11 is 0. The second-order valence-electron chi connectivity index (χ2n) is 5.92. The minimum atomic E-state index is 0.209. The van der Waals surface area contributed by atoms with Crippen molar-refractivity contribution in [3.63, 3.8) is 0 Å². The molecule has 1 saturated heterocycles. The number of aryl methyl sites for hydroxylation is 1. The molecule has 4 heteroatoms. The summed E-state index contributed by atoms with van der Waals surface area (Å²) in [6.45, 7) is 3.77. The van der Waals surface area contributed by atoms with Gasteiger partial charge in [-0.15, -0.1) is 0 Å². The molecule has 0 amide bonds. The zero-order chi connectivity index (χ0) is 13.1. The van der Waals surface area contributed by atoms with E-state index in [1.807, 2.05) is 10.9 Å². The van der Waals surface area contributed by atoms with Gasteiger partial charge in [-0.05, 0) is 32.1 Å². The van der Waals surface area contributed by atoms with Gasteiger partial charge in [0.2, 0.25) is 0 Å². The predicted octanol–water partition coefficient (Wildman–Crippen LogP) is 3.16. The van der Waals surface area contributed by atoms with E-state index in [2.05, 4.69) is 12.0 Å². The molecule has 1 aliphatic heterocycles. The Bertz CT molecular complexity index is 410. The Balaban J connectivity index is 1.47. The number of rotatable bonds is 5. The highest BCUT2D eigenvalue weighted by Crippen LogP contribution is 2.43. The minimum Gasteiger partial charge on any atom is -0.488 e. The summed E-state index contributed by atoms with van der Waals surface area (Å²) in [5.74, 6) is 0.865. The normalized spacial score (nSPS) is 25.2. The van der Waals surface area contributed by atoms with E-state index in [1.165, 1.54) is 32.1 Å². The highest BCUT2D eigenvalue weighted by atomic mass is 16.6. The van der Waals surface area contributed by atoms with Crippen molar-refractivity contribution in [2.45, 2.75) is 70.1 Å². The molecule has 1 aromatic heterocycles. The van der Waals surface area contributed by atoms with Crippen molar-refractivity contribution in [1.29, 1.82) is 0 Å². The molecule has 1 spiro atoms. The molecule has 2 aliphatic rings. The number of aromatic nitrogens is 2. The molecule has 1 saturated carbocycles. The van der Waals surface area contributed by atoms with Crippen molar-refractivity contribution in [3.05, 3.63) is 12.4 Å². The van der Waals surface area contributed by atoms with Gasteiger partial charge in [-0.2, -0.15) is 5.10 Å². The molecule has 0 radical (unpaired) electrons. The smallest absolute Gasteiger partial charge is 0.157 e. The van der Waals surface area contributed by atoms with Crippen LogP contribution in [0.5, 0.6) is 5.75 Å². The van der Waals surface area contributed by atoms with Crippen molar-refractivity contribution >= 4 is 0 Å². The first-order chi connectivity index (χ1) is 9.30. The number of hydrogen-bond acceptors (Lipinski definition) is 3. The van der Waals surface area contributed by atoms with Gasteiger partial charge in [-0.3, -0.25) is 4.68 Å². The van der Waals surface area contributed by atoms with Gasteiger partial charge in [0.25, 0.3) is 0 Å². The summed E-state index contributed by atoms with van der Waals surface area (Å²) in [6, 6.07) is 0. The molecule has 1 unspecified atom stereocenters. The molecule has 1 aromatic rings. The molecule has 1 atom stereocenters. The SMILES string of the molecule is CCCn1cc(OCC2CCC3(CCCC3)O2)cn1. The second-order valence-corrected chi connectivity index (χ2v) is 5.92. The Morgan fingerprint density at radius 3 is 3.05 bits per heavy atom. The molecule has 1 aliphatic carbocycles. The van der Waals surface area contributed by atoms with Gasteiger partial charge in [0.15, 0.2) is 5.75 Å². The molecular weight excluding hydrogens is 240 g/mol. The highest BCUT2D eigenvalue weighted by molar-refractivity contribution is 5.11. The molecule has 2 heterocycles. The Kier molecular flexibility index (Phi) is 3.78. The zero-order valence-electron chi connectivity index (χ0n) is 11.8. The van der Waals surface area contributed by atoms with Crippen LogP contribution >= 0.6 is 0 Å². The fourth-order valence-electron chi connectivity index (χ4n) is 3.36. The Morgan fingerprint density at radius 1 is 1.42 bits per heavy atom. The van der Waals surface area contributed by atoms with E-state index in [1.54, 1.807) is 6.20 Å². The summed E-state index contributed by atoms with van der Waals surface area (Å²) in [5.41, 5.74) is 0.209. The fourth-order valence-corrected chi connectivity index (χ4v) is 3.36. The number of nitrogens with zero attached hydrogens (tertiary/aromatic N) is 2. The zero-order valence-corrected chi connectivity index (χ0v) is 11.8. The number of ether oxygens (including phenoxy) is 2. The van der Waals surface area contributed by atoms with Crippen LogP contribution in [0.3, 0.4) is 0 Å². The molecule has 19 heavy (non-hydrogen) atoms. The molecule has 0 N–H and O–H groups in total. The predicted molar refractivity (Wildman–Crippen MR) is 73.3 cm³/mol. The lowest BCUT2D eigenvalue weighted by molar-refractivity contribution is -0.0508. The van der Waals surface area contributed by atoms with Crippen molar-refractivity contribution in [1.82, 2.24) is 9.78 Å². The second kappa shape index (κ2) is 5.53. The summed E-state index contributed by atoms with van der Waals surface area (Å²) < 4.78 is 14.0. The Labute approximate surface area is 115 Å². The summed E-state index contributed by atoms with van der Waals surface area (Å²) in [4.78, 5) is 0. The summed E-state index contributed by atoms with van der Waals surface area (Å²) in [5, 5.41) is 4.27. The topological polar surface area (TPSA) is 36.3 Å². The van der Waals surface area contributed by atoms with Gasteiger partial charge in [0.1, 0.15) is 6.61 Å². The van der Waals surface area contributed by atoms with E-state index < -0.39 is 0 Å². The summed E-state index contributed by atoms with van der Waals surface area (Å²) in [7, 11) is 0. The van der Waals surface area contributed by atoms with Crippen LogP contribution in [-0.4, -0.2) is 28.1 Å². The van der Waals surface area contributed by atoms with Crippen LogP contribution in [0.1, 0.15) is 51.9 Å². The largest absolute Gasteiger partial charge is 0.488 e. The van der Waals surface area contributed by atoms with E-state index in [-0.39, 0.29) is 11.7 Å². The molecule has 0 aromatic carbocycles.